The summed E-state index contributed by atoms with van der Waals surface area (Å²) < 4.78 is 10.2. The topological polar surface area (TPSA) is 54.3 Å². The molecule has 0 aromatic rings. The van der Waals surface area contributed by atoms with Crippen molar-refractivity contribution < 1.29 is 9.47 Å². The minimum Gasteiger partial charge on any atom is -0.382 e. The molecule has 0 atom stereocenters. The minimum absolute atomic E-state index is 0.293. The van der Waals surface area contributed by atoms with Crippen LogP contribution in [0.1, 0.15) is 19.3 Å². The van der Waals surface area contributed by atoms with Crippen LogP contribution in [-0.2, 0) is 9.47 Å². The fraction of sp³-hybridized carbons (Fsp3) is 0.909. The highest BCUT2D eigenvalue weighted by Gasteiger charge is 2.41. The van der Waals surface area contributed by atoms with Gasteiger partial charge in [-0.15, -0.1) is 0 Å². The van der Waals surface area contributed by atoms with Gasteiger partial charge in [0.25, 0.3) is 0 Å². The van der Waals surface area contributed by atoms with E-state index < -0.39 is 0 Å². The van der Waals surface area contributed by atoms with Gasteiger partial charge in [0.15, 0.2) is 0 Å². The maximum Gasteiger partial charge on any atom is 0.0700 e. The molecule has 0 saturated heterocycles. The standard InChI is InChI=1S/C11H20N2O2/c1-14-8-9-15-7-6-13-10-11(2-3-11)4-5-12/h13H,2-4,6-10H2,1H3. The molecule has 1 rings (SSSR count). The van der Waals surface area contributed by atoms with Crippen molar-refractivity contribution in [3.63, 3.8) is 0 Å². The van der Waals surface area contributed by atoms with Gasteiger partial charge in [0, 0.05) is 26.6 Å². The second-order valence-electron chi connectivity index (χ2n) is 4.12. The second-order valence-corrected chi connectivity index (χ2v) is 4.12. The van der Waals surface area contributed by atoms with Gasteiger partial charge in [-0.05, 0) is 18.3 Å². The summed E-state index contributed by atoms with van der Waals surface area (Å²) in [4.78, 5) is 0. The molecular formula is C11H20N2O2. The molecule has 4 heteroatoms. The monoisotopic (exact) mass is 212 g/mol. The van der Waals surface area contributed by atoms with E-state index in [4.69, 9.17) is 14.7 Å². The van der Waals surface area contributed by atoms with Gasteiger partial charge < -0.3 is 14.8 Å². The van der Waals surface area contributed by atoms with E-state index >= 15 is 0 Å². The quantitative estimate of drug-likeness (QED) is 0.578. The number of rotatable bonds is 9. The summed E-state index contributed by atoms with van der Waals surface area (Å²) in [5.74, 6) is 0. The number of nitrogens with one attached hydrogen (secondary N) is 1. The van der Waals surface area contributed by atoms with E-state index in [1.54, 1.807) is 7.11 Å². The summed E-state index contributed by atoms with van der Waals surface area (Å²) in [6.07, 6.45) is 3.07. The molecule has 1 aliphatic carbocycles. The molecule has 0 unspecified atom stereocenters. The number of hydrogen-bond donors (Lipinski definition) is 1. The zero-order valence-corrected chi connectivity index (χ0v) is 9.42. The molecule has 4 nitrogen and oxygen atoms in total. The van der Waals surface area contributed by atoms with Crippen molar-refractivity contribution in [3.05, 3.63) is 0 Å². The van der Waals surface area contributed by atoms with Crippen molar-refractivity contribution in [1.82, 2.24) is 5.32 Å². The lowest BCUT2D eigenvalue weighted by Crippen LogP contribution is -2.27. The van der Waals surface area contributed by atoms with Gasteiger partial charge >= 0.3 is 0 Å². The van der Waals surface area contributed by atoms with E-state index in [1.807, 2.05) is 0 Å². The average molecular weight is 212 g/mol. The maximum atomic E-state index is 8.63. The molecule has 1 N–H and O–H groups in total. The van der Waals surface area contributed by atoms with Crippen molar-refractivity contribution in [2.24, 2.45) is 5.41 Å². The Morgan fingerprint density at radius 3 is 2.73 bits per heavy atom. The summed E-state index contributed by atoms with van der Waals surface area (Å²) in [5.41, 5.74) is 0.293. The Morgan fingerprint density at radius 1 is 1.33 bits per heavy atom. The van der Waals surface area contributed by atoms with Crippen LogP contribution in [0.5, 0.6) is 0 Å². The van der Waals surface area contributed by atoms with E-state index in [9.17, 15) is 0 Å². The first kappa shape index (κ1) is 12.4. The highest BCUT2D eigenvalue weighted by atomic mass is 16.5. The van der Waals surface area contributed by atoms with Gasteiger partial charge in [0.2, 0.25) is 0 Å². The molecule has 1 aliphatic rings. The van der Waals surface area contributed by atoms with Crippen molar-refractivity contribution >= 4 is 0 Å². The lowest BCUT2D eigenvalue weighted by atomic mass is 10.0. The average Bonchev–Trinajstić information content (AvgIpc) is 2.98. The van der Waals surface area contributed by atoms with Gasteiger partial charge in [-0.25, -0.2) is 0 Å². The van der Waals surface area contributed by atoms with Crippen LogP contribution >= 0.6 is 0 Å². The molecule has 0 radical (unpaired) electrons. The highest BCUT2D eigenvalue weighted by Crippen LogP contribution is 2.47. The third-order valence-corrected chi connectivity index (χ3v) is 2.77. The third-order valence-electron chi connectivity index (χ3n) is 2.77. The molecule has 0 aliphatic heterocycles. The summed E-state index contributed by atoms with van der Waals surface area (Å²) in [6.45, 7) is 3.83. The number of methoxy groups -OCH3 is 1. The minimum atomic E-state index is 0.293. The van der Waals surface area contributed by atoms with Crippen LogP contribution in [0.3, 0.4) is 0 Å². The van der Waals surface area contributed by atoms with Gasteiger partial charge in [-0.1, -0.05) is 0 Å². The van der Waals surface area contributed by atoms with Crippen LogP contribution in [0.2, 0.25) is 0 Å². The Bertz CT molecular complexity index is 209. The molecule has 0 aromatic carbocycles. The van der Waals surface area contributed by atoms with E-state index in [0.29, 0.717) is 31.7 Å². The zero-order chi connectivity index (χ0) is 11.0. The van der Waals surface area contributed by atoms with Crippen LogP contribution in [0.4, 0.5) is 0 Å². The first-order chi connectivity index (χ1) is 7.33. The molecule has 0 heterocycles. The van der Waals surface area contributed by atoms with Gasteiger partial charge in [-0.3, -0.25) is 0 Å². The lowest BCUT2D eigenvalue weighted by molar-refractivity contribution is 0.0716. The Morgan fingerprint density at radius 2 is 2.13 bits per heavy atom. The second kappa shape index (κ2) is 6.78. The molecule has 0 aromatic heterocycles. The number of nitriles is 1. The van der Waals surface area contributed by atoms with Gasteiger partial charge in [-0.2, -0.15) is 5.26 Å². The van der Waals surface area contributed by atoms with E-state index in [1.165, 1.54) is 12.8 Å². The fourth-order valence-electron chi connectivity index (χ4n) is 1.50. The SMILES string of the molecule is COCCOCCNCC1(CC#N)CC1. The number of nitrogens with zero attached hydrogens (tertiary/aromatic N) is 1. The normalized spacial score (nSPS) is 17.3. The van der Waals surface area contributed by atoms with Crippen LogP contribution in [0.25, 0.3) is 0 Å². The Labute approximate surface area is 91.6 Å². The first-order valence-electron chi connectivity index (χ1n) is 5.47. The van der Waals surface area contributed by atoms with Crippen molar-refractivity contribution in [2.75, 3.05) is 40.0 Å². The molecule has 1 fully saturated rings. The van der Waals surface area contributed by atoms with E-state index in [2.05, 4.69) is 11.4 Å². The zero-order valence-electron chi connectivity index (χ0n) is 9.42. The van der Waals surface area contributed by atoms with Crippen molar-refractivity contribution in [1.29, 1.82) is 5.26 Å². The summed E-state index contributed by atoms with van der Waals surface area (Å²) in [7, 11) is 1.67. The van der Waals surface area contributed by atoms with Gasteiger partial charge in [0.05, 0.1) is 25.9 Å². The predicted octanol–water partition coefficient (Wildman–Crippen LogP) is 0.933. The fourth-order valence-corrected chi connectivity index (χ4v) is 1.50. The predicted molar refractivity (Wildman–Crippen MR) is 57.5 cm³/mol. The molecule has 0 amide bonds. The summed E-state index contributed by atoms with van der Waals surface area (Å²) in [6, 6.07) is 2.25. The summed E-state index contributed by atoms with van der Waals surface area (Å²) in [5, 5.41) is 12.0. The molecule has 0 bridgehead atoms. The van der Waals surface area contributed by atoms with Gasteiger partial charge in [0.1, 0.15) is 0 Å². The van der Waals surface area contributed by atoms with Crippen LogP contribution in [0, 0.1) is 16.7 Å². The Kier molecular flexibility index (Phi) is 5.62. The molecule has 86 valence electrons. The maximum absolute atomic E-state index is 8.63. The van der Waals surface area contributed by atoms with Crippen LogP contribution in [0.15, 0.2) is 0 Å². The molecule has 1 saturated carbocycles. The van der Waals surface area contributed by atoms with E-state index in [-0.39, 0.29) is 0 Å². The smallest absolute Gasteiger partial charge is 0.0700 e. The largest absolute Gasteiger partial charge is 0.382 e. The van der Waals surface area contributed by atoms with Crippen molar-refractivity contribution in [3.8, 4) is 6.07 Å². The molecule has 0 spiro atoms. The number of ether oxygens (including phenoxy) is 2. The molecule has 15 heavy (non-hydrogen) atoms. The third kappa shape index (κ3) is 5.12. The number of hydrogen-bond acceptors (Lipinski definition) is 4. The lowest BCUT2D eigenvalue weighted by Gasteiger charge is -2.12. The van der Waals surface area contributed by atoms with E-state index in [0.717, 1.165) is 13.1 Å². The van der Waals surface area contributed by atoms with Crippen LogP contribution in [-0.4, -0.2) is 40.0 Å². The Balaban J connectivity index is 1.87. The van der Waals surface area contributed by atoms with Crippen LogP contribution < -0.4 is 5.32 Å². The highest BCUT2D eigenvalue weighted by molar-refractivity contribution is 5.00. The Hall–Kier alpha value is -0.630. The molecular weight excluding hydrogens is 192 g/mol. The first-order valence-corrected chi connectivity index (χ1v) is 5.47. The van der Waals surface area contributed by atoms with Crippen molar-refractivity contribution in [2.45, 2.75) is 19.3 Å². The summed E-state index contributed by atoms with van der Waals surface area (Å²) >= 11 is 0.